The lowest BCUT2D eigenvalue weighted by Crippen LogP contribution is -2.53. The molecule has 0 bridgehead atoms. The Morgan fingerprint density at radius 1 is 1.14 bits per heavy atom. The number of guanidine groups is 1. The summed E-state index contributed by atoms with van der Waals surface area (Å²) in [4.78, 5) is 24.0. The van der Waals surface area contributed by atoms with E-state index >= 15 is 0 Å². The fraction of sp³-hybridized carbons (Fsp3) is 0.529. The molecule has 1 amide bonds. The number of nitrogens with zero attached hydrogens (tertiary/aromatic N) is 4. The lowest BCUT2D eigenvalue weighted by Gasteiger charge is -2.37. The predicted molar refractivity (Wildman–Crippen MR) is 88.2 cm³/mol. The Labute approximate surface area is 132 Å². The third-order valence-electron chi connectivity index (χ3n) is 4.54. The van der Waals surface area contributed by atoms with E-state index in [2.05, 4.69) is 21.7 Å². The molecule has 3 rings (SSSR count). The van der Waals surface area contributed by atoms with Gasteiger partial charge in [-0.2, -0.15) is 0 Å². The first-order valence-electron chi connectivity index (χ1n) is 8.10. The molecule has 1 aromatic rings. The molecule has 118 valence electrons. The Morgan fingerprint density at radius 2 is 1.86 bits per heavy atom. The van der Waals surface area contributed by atoms with Gasteiger partial charge < -0.3 is 9.80 Å². The molecule has 0 unspecified atom stereocenters. The van der Waals surface area contributed by atoms with Gasteiger partial charge in [0.25, 0.3) is 5.91 Å². The Bertz CT molecular complexity index is 576. The highest BCUT2D eigenvalue weighted by atomic mass is 16.2. The van der Waals surface area contributed by atoms with E-state index in [1.165, 1.54) is 0 Å². The molecule has 0 saturated carbocycles. The van der Waals surface area contributed by atoms with Gasteiger partial charge in [-0.15, -0.1) is 0 Å². The van der Waals surface area contributed by atoms with Gasteiger partial charge in [-0.3, -0.25) is 14.7 Å². The van der Waals surface area contributed by atoms with Gasteiger partial charge in [0.2, 0.25) is 5.96 Å². The van der Waals surface area contributed by atoms with Crippen molar-refractivity contribution in [1.82, 2.24) is 14.7 Å². The topological polar surface area (TPSA) is 39.1 Å². The molecule has 2 aliphatic heterocycles. The molecular weight excluding hydrogens is 276 g/mol. The van der Waals surface area contributed by atoms with Gasteiger partial charge in [0.05, 0.1) is 6.54 Å². The van der Waals surface area contributed by atoms with Crippen LogP contribution in [0.15, 0.2) is 29.3 Å². The number of rotatable bonds is 2. The van der Waals surface area contributed by atoms with Gasteiger partial charge in [0.15, 0.2) is 0 Å². The van der Waals surface area contributed by atoms with Crippen LogP contribution in [0.5, 0.6) is 0 Å². The number of carbonyl (C=O) groups is 1. The molecular formula is C17H24N4O. The Morgan fingerprint density at radius 3 is 2.55 bits per heavy atom. The highest BCUT2D eigenvalue weighted by Crippen LogP contribution is 2.16. The number of likely N-dealkylation sites (N-methyl/N-ethyl adjacent to an activating group) is 1. The van der Waals surface area contributed by atoms with E-state index in [4.69, 9.17) is 0 Å². The summed E-state index contributed by atoms with van der Waals surface area (Å²) in [6.07, 6.45) is 0. The lowest BCUT2D eigenvalue weighted by atomic mass is 10.1. The van der Waals surface area contributed by atoms with Crippen molar-refractivity contribution in [1.29, 1.82) is 0 Å². The molecule has 1 saturated heterocycles. The van der Waals surface area contributed by atoms with Gasteiger partial charge in [0, 0.05) is 38.3 Å². The van der Waals surface area contributed by atoms with Crippen LogP contribution in [0.3, 0.4) is 0 Å². The van der Waals surface area contributed by atoms with Crippen molar-refractivity contribution in [2.45, 2.75) is 13.8 Å². The van der Waals surface area contributed by atoms with E-state index in [9.17, 15) is 4.79 Å². The van der Waals surface area contributed by atoms with Crippen molar-refractivity contribution < 1.29 is 4.79 Å². The molecule has 5 nitrogen and oxygen atoms in total. The number of amides is 1. The number of aryl methyl sites for hydroxylation is 1. The Kier molecular flexibility index (Phi) is 4.43. The Balaban J connectivity index is 1.74. The molecule has 0 spiro atoms. The van der Waals surface area contributed by atoms with E-state index in [-0.39, 0.29) is 5.91 Å². The number of hydrogen-bond acceptors (Lipinski definition) is 4. The highest BCUT2D eigenvalue weighted by Gasteiger charge is 2.30. The number of aliphatic imine (C=N–C) groups is 1. The van der Waals surface area contributed by atoms with Crippen molar-refractivity contribution in [3.05, 3.63) is 35.4 Å². The highest BCUT2D eigenvalue weighted by molar-refractivity contribution is 6.07. The van der Waals surface area contributed by atoms with Gasteiger partial charge in [0.1, 0.15) is 0 Å². The van der Waals surface area contributed by atoms with Crippen molar-refractivity contribution in [2.75, 3.05) is 45.8 Å². The first kappa shape index (κ1) is 15.0. The SMILES string of the molecule is CCN1CCN(C2=NCCN2C(=O)c2ccccc2C)CC1. The van der Waals surface area contributed by atoms with Crippen LogP contribution in [0.4, 0.5) is 0 Å². The maximum absolute atomic E-state index is 12.8. The standard InChI is InChI=1S/C17H24N4O/c1-3-19-10-12-20(13-11-19)17-18-8-9-21(17)16(22)15-7-5-4-6-14(15)2/h4-7H,3,8-13H2,1-2H3. The molecule has 0 radical (unpaired) electrons. The van der Waals surface area contributed by atoms with Crippen LogP contribution in [0.2, 0.25) is 0 Å². The first-order chi connectivity index (χ1) is 10.7. The van der Waals surface area contributed by atoms with Crippen molar-refractivity contribution in [3.63, 3.8) is 0 Å². The smallest absolute Gasteiger partial charge is 0.260 e. The summed E-state index contributed by atoms with van der Waals surface area (Å²) in [5.41, 5.74) is 1.80. The molecule has 1 aromatic carbocycles. The monoisotopic (exact) mass is 300 g/mol. The van der Waals surface area contributed by atoms with Crippen LogP contribution in [0, 0.1) is 6.92 Å². The van der Waals surface area contributed by atoms with E-state index in [0.717, 1.165) is 49.8 Å². The molecule has 5 heteroatoms. The van der Waals surface area contributed by atoms with E-state index < -0.39 is 0 Å². The molecule has 22 heavy (non-hydrogen) atoms. The van der Waals surface area contributed by atoms with E-state index in [1.54, 1.807) is 0 Å². The van der Waals surface area contributed by atoms with Gasteiger partial charge in [-0.1, -0.05) is 25.1 Å². The summed E-state index contributed by atoms with van der Waals surface area (Å²) in [6.45, 7) is 10.7. The minimum absolute atomic E-state index is 0.0762. The second-order valence-electron chi connectivity index (χ2n) is 5.87. The van der Waals surface area contributed by atoms with E-state index in [1.807, 2.05) is 36.1 Å². The third kappa shape index (κ3) is 2.86. The number of piperazine rings is 1. The second kappa shape index (κ2) is 6.48. The fourth-order valence-electron chi connectivity index (χ4n) is 3.12. The first-order valence-corrected chi connectivity index (χ1v) is 8.10. The van der Waals surface area contributed by atoms with Crippen LogP contribution in [0.1, 0.15) is 22.8 Å². The quantitative estimate of drug-likeness (QED) is 0.830. The summed E-state index contributed by atoms with van der Waals surface area (Å²) in [5, 5.41) is 0. The summed E-state index contributed by atoms with van der Waals surface area (Å²) >= 11 is 0. The summed E-state index contributed by atoms with van der Waals surface area (Å²) in [5.74, 6) is 0.941. The zero-order valence-corrected chi connectivity index (χ0v) is 13.5. The number of benzene rings is 1. The van der Waals surface area contributed by atoms with Gasteiger partial charge in [-0.25, -0.2) is 0 Å². The van der Waals surface area contributed by atoms with Crippen molar-refractivity contribution in [2.24, 2.45) is 4.99 Å². The number of hydrogen-bond donors (Lipinski definition) is 0. The average Bonchev–Trinajstić information content (AvgIpc) is 3.04. The van der Waals surface area contributed by atoms with Gasteiger partial charge >= 0.3 is 0 Å². The zero-order valence-electron chi connectivity index (χ0n) is 13.5. The minimum atomic E-state index is 0.0762. The molecule has 0 aliphatic carbocycles. The lowest BCUT2D eigenvalue weighted by molar-refractivity contribution is 0.0833. The average molecular weight is 300 g/mol. The Hall–Kier alpha value is -1.88. The maximum atomic E-state index is 12.8. The normalized spacial score (nSPS) is 19.5. The van der Waals surface area contributed by atoms with Crippen molar-refractivity contribution in [3.8, 4) is 0 Å². The van der Waals surface area contributed by atoms with Crippen LogP contribution in [-0.4, -0.2) is 72.4 Å². The van der Waals surface area contributed by atoms with Crippen LogP contribution in [0.25, 0.3) is 0 Å². The molecule has 2 heterocycles. The molecule has 0 aromatic heterocycles. The van der Waals surface area contributed by atoms with Crippen LogP contribution in [-0.2, 0) is 0 Å². The summed E-state index contributed by atoms with van der Waals surface area (Å²) in [6, 6.07) is 7.78. The molecule has 1 fully saturated rings. The molecule has 0 atom stereocenters. The molecule has 2 aliphatic rings. The number of carbonyl (C=O) groups excluding carboxylic acids is 1. The summed E-state index contributed by atoms with van der Waals surface area (Å²) < 4.78 is 0. The second-order valence-corrected chi connectivity index (χ2v) is 5.87. The zero-order chi connectivity index (χ0) is 15.5. The maximum Gasteiger partial charge on any atom is 0.260 e. The van der Waals surface area contributed by atoms with Crippen LogP contribution < -0.4 is 0 Å². The summed E-state index contributed by atoms with van der Waals surface area (Å²) in [7, 11) is 0. The largest absolute Gasteiger partial charge is 0.340 e. The third-order valence-corrected chi connectivity index (χ3v) is 4.54. The fourth-order valence-corrected chi connectivity index (χ4v) is 3.12. The van der Waals surface area contributed by atoms with Gasteiger partial charge in [-0.05, 0) is 25.1 Å². The van der Waals surface area contributed by atoms with E-state index in [0.29, 0.717) is 13.1 Å². The molecule has 0 N–H and O–H groups in total. The van der Waals surface area contributed by atoms with Crippen molar-refractivity contribution >= 4 is 11.9 Å². The predicted octanol–water partition coefficient (Wildman–Crippen LogP) is 1.44. The van der Waals surface area contributed by atoms with Crippen LogP contribution >= 0.6 is 0 Å². The minimum Gasteiger partial charge on any atom is -0.340 e.